The van der Waals surface area contributed by atoms with Crippen LogP contribution in [0, 0.1) is 0 Å². The highest BCUT2D eigenvalue weighted by Gasteiger charge is 2.30. The minimum Gasteiger partial charge on any atom is -0.393 e. The molecule has 2 heterocycles. The van der Waals surface area contributed by atoms with Gasteiger partial charge in [-0.15, -0.1) is 0 Å². The summed E-state index contributed by atoms with van der Waals surface area (Å²) in [5.74, 6) is -0.145. The average Bonchev–Trinajstić information content (AvgIpc) is 2.95. The van der Waals surface area contributed by atoms with Crippen LogP contribution in [0.3, 0.4) is 0 Å². The molecule has 1 aromatic heterocycles. The van der Waals surface area contributed by atoms with E-state index in [9.17, 15) is 14.7 Å². The van der Waals surface area contributed by atoms with Crippen LogP contribution in [0.4, 0.5) is 0 Å². The van der Waals surface area contributed by atoms with Crippen molar-refractivity contribution in [2.75, 3.05) is 6.54 Å². The van der Waals surface area contributed by atoms with E-state index in [1.807, 2.05) is 0 Å². The maximum absolute atomic E-state index is 12.4. The van der Waals surface area contributed by atoms with Gasteiger partial charge in [-0.25, -0.2) is 0 Å². The van der Waals surface area contributed by atoms with E-state index in [4.69, 9.17) is 0 Å². The Hall–Kier alpha value is -1.62. The van der Waals surface area contributed by atoms with Crippen LogP contribution in [0.5, 0.6) is 0 Å². The summed E-state index contributed by atoms with van der Waals surface area (Å²) in [5.41, 5.74) is 0.970. The molecule has 0 spiro atoms. The average molecular weight is 264 g/mol. The number of aromatic nitrogens is 1. The Morgan fingerprint density at radius 3 is 2.89 bits per heavy atom. The van der Waals surface area contributed by atoms with Crippen molar-refractivity contribution in [3.05, 3.63) is 23.5 Å². The maximum atomic E-state index is 12.4. The Morgan fingerprint density at radius 1 is 1.58 bits per heavy atom. The van der Waals surface area contributed by atoms with E-state index in [1.165, 1.54) is 6.92 Å². The second-order valence-corrected chi connectivity index (χ2v) is 5.24. The number of aromatic amines is 1. The lowest BCUT2D eigenvalue weighted by Crippen LogP contribution is -2.37. The van der Waals surface area contributed by atoms with E-state index < -0.39 is 6.10 Å². The number of carbonyl (C=O) groups excluding carboxylic acids is 2. The number of Topliss-reactive ketones (excluding diaryl/α,β-unsaturated/α-hetero) is 1. The molecule has 104 valence electrons. The molecule has 1 aromatic rings. The Balaban J connectivity index is 2.11. The minimum atomic E-state index is -0.408. The number of aliphatic hydroxyl groups excluding tert-OH is 1. The summed E-state index contributed by atoms with van der Waals surface area (Å²) in [6.45, 7) is 3.93. The number of hydrogen-bond acceptors (Lipinski definition) is 3. The first-order valence-electron chi connectivity index (χ1n) is 6.67. The summed E-state index contributed by atoms with van der Waals surface area (Å²) in [4.78, 5) is 28.3. The smallest absolute Gasteiger partial charge is 0.270 e. The normalized spacial score (nSPS) is 20.6. The molecule has 2 atom stereocenters. The lowest BCUT2D eigenvalue weighted by Gasteiger charge is -2.25. The number of carbonyl (C=O) groups is 2. The number of nitrogens with one attached hydrogen (secondary N) is 1. The molecule has 5 heteroatoms. The molecule has 0 radical (unpaired) electrons. The lowest BCUT2D eigenvalue weighted by molar-refractivity contribution is 0.0677. The van der Waals surface area contributed by atoms with Crippen LogP contribution in [0.25, 0.3) is 0 Å². The fraction of sp³-hybridized carbons (Fsp3) is 0.571. The largest absolute Gasteiger partial charge is 0.393 e. The minimum absolute atomic E-state index is 0.0581. The zero-order chi connectivity index (χ0) is 14.0. The summed E-state index contributed by atoms with van der Waals surface area (Å²) >= 11 is 0. The quantitative estimate of drug-likeness (QED) is 0.811. The number of likely N-dealkylation sites (tertiary alicyclic amines) is 1. The van der Waals surface area contributed by atoms with Gasteiger partial charge >= 0.3 is 0 Å². The zero-order valence-corrected chi connectivity index (χ0v) is 11.3. The number of aliphatic hydroxyl groups is 1. The summed E-state index contributed by atoms with van der Waals surface area (Å²) in [7, 11) is 0. The molecule has 0 bridgehead atoms. The first-order chi connectivity index (χ1) is 8.99. The predicted octanol–water partition coefficient (Wildman–Crippen LogP) is 1.59. The van der Waals surface area contributed by atoms with E-state index in [0.29, 0.717) is 24.2 Å². The fourth-order valence-corrected chi connectivity index (χ4v) is 2.62. The molecule has 1 fully saturated rings. The van der Waals surface area contributed by atoms with Crippen molar-refractivity contribution in [3.63, 3.8) is 0 Å². The van der Waals surface area contributed by atoms with Gasteiger partial charge in [0, 0.05) is 24.3 Å². The van der Waals surface area contributed by atoms with Gasteiger partial charge in [0.25, 0.3) is 5.91 Å². The first kappa shape index (κ1) is 13.8. The Bertz CT molecular complexity index is 479. The second kappa shape index (κ2) is 5.57. The van der Waals surface area contributed by atoms with Gasteiger partial charge in [0.05, 0.1) is 6.10 Å². The molecule has 2 N–H and O–H groups in total. The molecule has 1 aliphatic heterocycles. The van der Waals surface area contributed by atoms with E-state index in [2.05, 4.69) is 4.98 Å². The van der Waals surface area contributed by atoms with Crippen molar-refractivity contribution in [1.29, 1.82) is 0 Å². The molecule has 1 saturated heterocycles. The van der Waals surface area contributed by atoms with E-state index in [-0.39, 0.29) is 17.7 Å². The molecule has 1 amide bonds. The molecular formula is C14H20N2O3. The molecular weight excluding hydrogens is 244 g/mol. The van der Waals surface area contributed by atoms with Crippen LogP contribution < -0.4 is 0 Å². The highest BCUT2D eigenvalue weighted by molar-refractivity contribution is 5.99. The number of amides is 1. The molecule has 2 unspecified atom stereocenters. The van der Waals surface area contributed by atoms with Gasteiger partial charge in [-0.2, -0.15) is 0 Å². The van der Waals surface area contributed by atoms with Crippen LogP contribution in [-0.2, 0) is 0 Å². The number of H-pyrrole nitrogens is 1. The SMILES string of the molecule is CC(=O)c1c[nH]c(C(=O)N2CCCC2CC(C)O)c1. The molecule has 19 heavy (non-hydrogen) atoms. The van der Waals surface area contributed by atoms with E-state index in [0.717, 1.165) is 12.8 Å². The Kier molecular flexibility index (Phi) is 4.04. The third kappa shape index (κ3) is 3.04. The monoisotopic (exact) mass is 264 g/mol. The predicted molar refractivity (Wildman–Crippen MR) is 71.2 cm³/mol. The van der Waals surface area contributed by atoms with Gasteiger partial charge in [0.1, 0.15) is 5.69 Å². The van der Waals surface area contributed by atoms with Crippen molar-refractivity contribution >= 4 is 11.7 Å². The highest BCUT2D eigenvalue weighted by atomic mass is 16.3. The van der Waals surface area contributed by atoms with Crippen LogP contribution >= 0.6 is 0 Å². The summed E-state index contributed by atoms with van der Waals surface area (Å²) < 4.78 is 0. The molecule has 1 aliphatic rings. The van der Waals surface area contributed by atoms with Gasteiger partial charge in [-0.1, -0.05) is 0 Å². The molecule has 5 nitrogen and oxygen atoms in total. The molecule has 0 aliphatic carbocycles. The molecule has 0 aromatic carbocycles. The third-order valence-electron chi connectivity index (χ3n) is 3.57. The molecule has 0 saturated carbocycles. The van der Waals surface area contributed by atoms with Crippen LogP contribution in [0.1, 0.15) is 54.0 Å². The van der Waals surface area contributed by atoms with E-state index in [1.54, 1.807) is 24.1 Å². The Labute approximate surface area is 112 Å². The Morgan fingerprint density at radius 2 is 2.32 bits per heavy atom. The summed E-state index contributed by atoms with van der Waals surface area (Å²) in [5, 5.41) is 9.47. The van der Waals surface area contributed by atoms with Gasteiger partial charge in [-0.05, 0) is 39.2 Å². The third-order valence-corrected chi connectivity index (χ3v) is 3.57. The van der Waals surface area contributed by atoms with Crippen LogP contribution in [-0.4, -0.2) is 45.4 Å². The van der Waals surface area contributed by atoms with Crippen LogP contribution in [0.2, 0.25) is 0 Å². The fourth-order valence-electron chi connectivity index (χ4n) is 2.62. The summed E-state index contributed by atoms with van der Waals surface area (Å²) in [6.07, 6.45) is 3.65. The maximum Gasteiger partial charge on any atom is 0.270 e. The van der Waals surface area contributed by atoms with Crippen LogP contribution in [0.15, 0.2) is 12.3 Å². The lowest BCUT2D eigenvalue weighted by atomic mass is 10.1. The van der Waals surface area contributed by atoms with E-state index >= 15 is 0 Å². The topological polar surface area (TPSA) is 73.4 Å². The zero-order valence-electron chi connectivity index (χ0n) is 11.3. The number of rotatable bonds is 4. The second-order valence-electron chi connectivity index (χ2n) is 5.24. The number of nitrogens with zero attached hydrogens (tertiary/aromatic N) is 1. The van der Waals surface area contributed by atoms with Crippen molar-refractivity contribution in [2.24, 2.45) is 0 Å². The number of hydrogen-bond donors (Lipinski definition) is 2. The van der Waals surface area contributed by atoms with Crippen molar-refractivity contribution in [2.45, 2.75) is 45.3 Å². The van der Waals surface area contributed by atoms with Gasteiger partial charge in [-0.3, -0.25) is 9.59 Å². The first-order valence-corrected chi connectivity index (χ1v) is 6.67. The highest BCUT2D eigenvalue weighted by Crippen LogP contribution is 2.23. The van der Waals surface area contributed by atoms with Crippen molar-refractivity contribution in [3.8, 4) is 0 Å². The van der Waals surface area contributed by atoms with Gasteiger partial charge in [0.15, 0.2) is 5.78 Å². The standard InChI is InChI=1S/C14H20N2O3/c1-9(17)6-12-4-3-5-16(12)14(19)13-7-11(8-15-13)10(2)18/h7-9,12,15,17H,3-6H2,1-2H3. The number of ketones is 1. The molecule has 2 rings (SSSR count). The summed E-state index contributed by atoms with van der Waals surface area (Å²) in [6, 6.07) is 1.69. The van der Waals surface area contributed by atoms with Crippen molar-refractivity contribution in [1.82, 2.24) is 9.88 Å². The van der Waals surface area contributed by atoms with Gasteiger partial charge in [0.2, 0.25) is 0 Å². The van der Waals surface area contributed by atoms with Crippen molar-refractivity contribution < 1.29 is 14.7 Å². The van der Waals surface area contributed by atoms with Gasteiger partial charge < -0.3 is 15.0 Å².